The highest BCUT2D eigenvalue weighted by Crippen LogP contribution is 2.16. The minimum atomic E-state index is -0.538. The fraction of sp³-hybridized carbons (Fsp3) is 0.875. The van der Waals surface area contributed by atoms with E-state index >= 15 is 0 Å². The average Bonchev–Trinajstić information content (AvgIpc) is 1.97. The molecule has 0 spiro atoms. The van der Waals surface area contributed by atoms with Gasteiger partial charge in [-0.05, 0) is 12.3 Å². The van der Waals surface area contributed by atoms with Crippen LogP contribution >= 0.6 is 0 Å². The van der Waals surface area contributed by atoms with E-state index in [2.05, 4.69) is 5.48 Å². The molecule has 4 nitrogen and oxygen atoms in total. The number of nitrogens with two attached hydrogens (primary N) is 1. The van der Waals surface area contributed by atoms with Crippen LogP contribution in [0.4, 0.5) is 0 Å². The molecule has 4 heteroatoms. The van der Waals surface area contributed by atoms with E-state index in [1.165, 1.54) is 0 Å². The summed E-state index contributed by atoms with van der Waals surface area (Å²) in [5, 5.41) is 0. The molecular weight excluding hydrogens is 156 g/mol. The third-order valence-corrected chi connectivity index (χ3v) is 1.53. The summed E-state index contributed by atoms with van der Waals surface area (Å²) < 4.78 is 0. The van der Waals surface area contributed by atoms with Crippen LogP contribution in [-0.2, 0) is 9.63 Å². The van der Waals surface area contributed by atoms with Crippen molar-refractivity contribution in [2.24, 2.45) is 11.1 Å². The second kappa shape index (κ2) is 4.42. The van der Waals surface area contributed by atoms with Crippen molar-refractivity contribution in [1.82, 2.24) is 5.48 Å². The number of amides is 1. The quantitative estimate of drug-likeness (QED) is 0.610. The van der Waals surface area contributed by atoms with Gasteiger partial charge in [0, 0.05) is 0 Å². The lowest BCUT2D eigenvalue weighted by atomic mass is 9.87. The lowest BCUT2D eigenvalue weighted by Gasteiger charge is -2.25. The van der Waals surface area contributed by atoms with Crippen molar-refractivity contribution >= 4 is 5.91 Å². The Morgan fingerprint density at radius 2 is 2.08 bits per heavy atom. The number of hydrogen-bond donors (Lipinski definition) is 2. The van der Waals surface area contributed by atoms with E-state index in [1.807, 2.05) is 20.8 Å². The van der Waals surface area contributed by atoms with Gasteiger partial charge in [-0.15, -0.1) is 0 Å². The minimum absolute atomic E-state index is 0.235. The Balaban J connectivity index is 3.94. The SMILES string of the molecule is CCONC(=O)[C@H](N)C(C)(C)C. The fourth-order valence-corrected chi connectivity index (χ4v) is 0.600. The van der Waals surface area contributed by atoms with Gasteiger partial charge in [0.15, 0.2) is 0 Å². The number of hydrogen-bond acceptors (Lipinski definition) is 3. The third kappa shape index (κ3) is 3.69. The highest BCUT2D eigenvalue weighted by Gasteiger charge is 2.27. The normalized spacial score (nSPS) is 14.1. The van der Waals surface area contributed by atoms with Crippen molar-refractivity contribution in [3.05, 3.63) is 0 Å². The standard InChI is InChI=1S/C8H18N2O2/c1-5-12-10-7(11)6(9)8(2,3)4/h6H,5,9H2,1-4H3,(H,10,11)/t6-/m0/s1. The summed E-state index contributed by atoms with van der Waals surface area (Å²) in [5.41, 5.74) is 7.68. The van der Waals surface area contributed by atoms with Crippen LogP contribution in [0.2, 0.25) is 0 Å². The Morgan fingerprint density at radius 3 is 2.42 bits per heavy atom. The Labute approximate surface area is 73.4 Å². The van der Waals surface area contributed by atoms with Crippen LogP contribution in [0, 0.1) is 5.41 Å². The number of rotatable bonds is 3. The smallest absolute Gasteiger partial charge is 0.260 e. The van der Waals surface area contributed by atoms with Gasteiger partial charge in [-0.25, -0.2) is 5.48 Å². The van der Waals surface area contributed by atoms with Crippen LogP contribution in [0.1, 0.15) is 27.7 Å². The summed E-state index contributed by atoms with van der Waals surface area (Å²) in [4.78, 5) is 15.9. The first kappa shape index (κ1) is 11.4. The predicted octanol–water partition coefficient (Wildman–Crippen LogP) is 0.427. The zero-order chi connectivity index (χ0) is 9.78. The molecule has 0 radical (unpaired) electrons. The zero-order valence-corrected chi connectivity index (χ0v) is 8.18. The fourth-order valence-electron chi connectivity index (χ4n) is 0.600. The minimum Gasteiger partial charge on any atom is -0.319 e. The monoisotopic (exact) mass is 174 g/mol. The van der Waals surface area contributed by atoms with Gasteiger partial charge in [-0.2, -0.15) is 0 Å². The van der Waals surface area contributed by atoms with E-state index in [0.29, 0.717) is 6.61 Å². The molecule has 1 amide bonds. The van der Waals surface area contributed by atoms with Crippen molar-refractivity contribution in [2.75, 3.05) is 6.61 Å². The highest BCUT2D eigenvalue weighted by molar-refractivity contribution is 5.81. The Hall–Kier alpha value is -0.610. The zero-order valence-electron chi connectivity index (χ0n) is 8.18. The van der Waals surface area contributed by atoms with Crippen molar-refractivity contribution in [2.45, 2.75) is 33.7 Å². The Kier molecular flexibility index (Phi) is 4.20. The van der Waals surface area contributed by atoms with Gasteiger partial charge in [0.05, 0.1) is 12.6 Å². The highest BCUT2D eigenvalue weighted by atomic mass is 16.6. The molecule has 0 aliphatic heterocycles. The van der Waals surface area contributed by atoms with Gasteiger partial charge in [-0.3, -0.25) is 9.63 Å². The van der Waals surface area contributed by atoms with E-state index in [4.69, 9.17) is 10.6 Å². The first-order valence-corrected chi connectivity index (χ1v) is 4.06. The van der Waals surface area contributed by atoms with Crippen LogP contribution in [0.15, 0.2) is 0 Å². The largest absolute Gasteiger partial charge is 0.319 e. The van der Waals surface area contributed by atoms with E-state index in [9.17, 15) is 4.79 Å². The maximum atomic E-state index is 11.2. The maximum absolute atomic E-state index is 11.2. The molecule has 0 saturated carbocycles. The summed E-state index contributed by atoms with van der Waals surface area (Å²) in [6.07, 6.45) is 0. The lowest BCUT2D eigenvalue weighted by molar-refractivity contribution is -0.136. The van der Waals surface area contributed by atoms with Crippen LogP contribution in [0.5, 0.6) is 0 Å². The third-order valence-electron chi connectivity index (χ3n) is 1.53. The first-order chi connectivity index (χ1) is 5.39. The predicted molar refractivity (Wildman–Crippen MR) is 47.2 cm³/mol. The molecule has 0 aliphatic carbocycles. The van der Waals surface area contributed by atoms with Crippen molar-refractivity contribution in [3.63, 3.8) is 0 Å². The van der Waals surface area contributed by atoms with Crippen LogP contribution in [0.3, 0.4) is 0 Å². The second-order valence-electron chi connectivity index (χ2n) is 3.74. The van der Waals surface area contributed by atoms with E-state index in [0.717, 1.165) is 0 Å². The topological polar surface area (TPSA) is 64.3 Å². The van der Waals surface area contributed by atoms with Crippen LogP contribution in [0.25, 0.3) is 0 Å². The number of hydroxylamine groups is 1. The summed E-state index contributed by atoms with van der Waals surface area (Å²) in [7, 11) is 0. The molecular formula is C8H18N2O2. The van der Waals surface area contributed by atoms with Gasteiger partial charge >= 0.3 is 0 Å². The van der Waals surface area contributed by atoms with Gasteiger partial charge in [0.1, 0.15) is 0 Å². The molecule has 0 aromatic carbocycles. The summed E-state index contributed by atoms with van der Waals surface area (Å²) in [6, 6.07) is -0.538. The van der Waals surface area contributed by atoms with Gasteiger partial charge in [0.25, 0.3) is 5.91 Å². The number of carbonyl (C=O) groups excluding carboxylic acids is 1. The summed E-state index contributed by atoms with van der Waals surface area (Å²) >= 11 is 0. The molecule has 0 bridgehead atoms. The van der Waals surface area contributed by atoms with Crippen molar-refractivity contribution in [1.29, 1.82) is 0 Å². The van der Waals surface area contributed by atoms with Crippen LogP contribution < -0.4 is 11.2 Å². The Morgan fingerprint density at radius 1 is 1.58 bits per heavy atom. The van der Waals surface area contributed by atoms with Crippen LogP contribution in [-0.4, -0.2) is 18.6 Å². The molecule has 72 valence electrons. The molecule has 3 N–H and O–H groups in total. The molecule has 0 unspecified atom stereocenters. The van der Waals surface area contributed by atoms with Crippen molar-refractivity contribution < 1.29 is 9.63 Å². The summed E-state index contributed by atoms with van der Waals surface area (Å²) in [5.74, 6) is -0.274. The van der Waals surface area contributed by atoms with E-state index < -0.39 is 6.04 Å². The molecule has 0 aromatic heterocycles. The summed E-state index contributed by atoms with van der Waals surface area (Å²) in [6.45, 7) is 7.96. The molecule has 1 atom stereocenters. The van der Waals surface area contributed by atoms with Gasteiger partial charge < -0.3 is 5.73 Å². The average molecular weight is 174 g/mol. The van der Waals surface area contributed by atoms with Gasteiger partial charge in [0.2, 0.25) is 0 Å². The number of nitrogens with one attached hydrogen (secondary N) is 1. The molecule has 12 heavy (non-hydrogen) atoms. The van der Waals surface area contributed by atoms with E-state index in [-0.39, 0.29) is 11.3 Å². The first-order valence-electron chi connectivity index (χ1n) is 4.06. The molecule has 0 aromatic rings. The molecule has 0 fully saturated rings. The number of carbonyl (C=O) groups is 1. The van der Waals surface area contributed by atoms with E-state index in [1.54, 1.807) is 6.92 Å². The molecule has 0 saturated heterocycles. The molecule has 0 aliphatic rings. The van der Waals surface area contributed by atoms with Gasteiger partial charge in [-0.1, -0.05) is 20.8 Å². The maximum Gasteiger partial charge on any atom is 0.260 e. The Bertz CT molecular complexity index is 152. The van der Waals surface area contributed by atoms with Crippen molar-refractivity contribution in [3.8, 4) is 0 Å². The molecule has 0 rings (SSSR count). The second-order valence-corrected chi connectivity index (χ2v) is 3.74. The molecule has 0 heterocycles. The lowest BCUT2D eigenvalue weighted by Crippen LogP contribution is -2.48.